The highest BCUT2D eigenvalue weighted by atomic mass is 35.5. The maximum atomic E-state index is 8.42. The van der Waals surface area contributed by atoms with Crippen LogP contribution in [0.2, 0.25) is 0 Å². The first-order valence-electron chi connectivity index (χ1n) is 4.02. The lowest BCUT2D eigenvalue weighted by Crippen LogP contribution is -1.82. The SMILES string of the molecule is CCCCCCCCO.Cl.Cl. The number of hydrogen-bond donors (Lipinski definition) is 1. The summed E-state index contributed by atoms with van der Waals surface area (Å²) in [5.41, 5.74) is 0. The van der Waals surface area contributed by atoms with Crippen LogP contribution in [0, 0.1) is 0 Å². The quantitative estimate of drug-likeness (QED) is 0.657. The topological polar surface area (TPSA) is 20.2 Å². The van der Waals surface area contributed by atoms with Crippen LogP contribution in [0.15, 0.2) is 0 Å². The van der Waals surface area contributed by atoms with Gasteiger partial charge >= 0.3 is 0 Å². The van der Waals surface area contributed by atoms with Crippen molar-refractivity contribution in [3.63, 3.8) is 0 Å². The van der Waals surface area contributed by atoms with Crippen LogP contribution in [0.5, 0.6) is 0 Å². The summed E-state index contributed by atoms with van der Waals surface area (Å²) in [6.07, 6.45) is 7.50. The van der Waals surface area contributed by atoms with E-state index in [2.05, 4.69) is 6.92 Å². The molecule has 1 nitrogen and oxygen atoms in total. The van der Waals surface area contributed by atoms with Gasteiger partial charge in [-0.05, 0) is 6.42 Å². The summed E-state index contributed by atoms with van der Waals surface area (Å²) in [4.78, 5) is 0. The number of unbranched alkanes of at least 4 members (excludes halogenated alkanes) is 5. The summed E-state index contributed by atoms with van der Waals surface area (Å²) in [6, 6.07) is 0. The Balaban J connectivity index is -0.000000320. The van der Waals surface area contributed by atoms with Gasteiger partial charge in [0.2, 0.25) is 0 Å². The van der Waals surface area contributed by atoms with Crippen molar-refractivity contribution in [1.29, 1.82) is 0 Å². The van der Waals surface area contributed by atoms with Gasteiger partial charge in [0.25, 0.3) is 0 Å². The summed E-state index contributed by atoms with van der Waals surface area (Å²) in [7, 11) is 0. The molecule has 0 aliphatic heterocycles. The van der Waals surface area contributed by atoms with E-state index in [9.17, 15) is 0 Å². The molecule has 0 saturated heterocycles. The Morgan fingerprint density at radius 3 is 1.73 bits per heavy atom. The van der Waals surface area contributed by atoms with Crippen LogP contribution in [0.1, 0.15) is 45.4 Å². The molecule has 0 aliphatic carbocycles. The molecule has 3 heteroatoms. The number of rotatable bonds is 6. The van der Waals surface area contributed by atoms with Crippen LogP contribution in [0.3, 0.4) is 0 Å². The Bertz CT molecular complexity index is 45.4. The summed E-state index contributed by atoms with van der Waals surface area (Å²) < 4.78 is 0. The van der Waals surface area contributed by atoms with E-state index in [4.69, 9.17) is 5.11 Å². The Labute approximate surface area is 82.4 Å². The first kappa shape index (κ1) is 17.6. The third-order valence-corrected chi connectivity index (χ3v) is 1.51. The van der Waals surface area contributed by atoms with Crippen molar-refractivity contribution in [2.75, 3.05) is 6.61 Å². The molecule has 0 radical (unpaired) electrons. The Kier molecular flexibility index (Phi) is 27.0. The largest absolute Gasteiger partial charge is 0.396 e. The van der Waals surface area contributed by atoms with Crippen LogP contribution in [0.25, 0.3) is 0 Å². The van der Waals surface area contributed by atoms with Gasteiger partial charge in [-0.25, -0.2) is 0 Å². The standard InChI is InChI=1S/C8H18O.2ClH/c1-2-3-4-5-6-7-8-9;;/h9H,2-8H2,1H3;2*1H. The van der Waals surface area contributed by atoms with E-state index >= 15 is 0 Å². The molecule has 0 aliphatic rings. The summed E-state index contributed by atoms with van der Waals surface area (Å²) in [5.74, 6) is 0. The molecule has 0 aromatic carbocycles. The van der Waals surface area contributed by atoms with E-state index in [1.54, 1.807) is 0 Å². The van der Waals surface area contributed by atoms with Gasteiger partial charge < -0.3 is 5.11 Å². The number of halogens is 2. The Hall–Kier alpha value is 0.540. The fourth-order valence-corrected chi connectivity index (χ4v) is 0.892. The lowest BCUT2D eigenvalue weighted by atomic mass is 10.1. The van der Waals surface area contributed by atoms with Gasteiger partial charge in [0, 0.05) is 6.61 Å². The number of hydrogen-bond acceptors (Lipinski definition) is 1. The normalized spacial score (nSPS) is 8.18. The van der Waals surface area contributed by atoms with Crippen LogP contribution in [-0.2, 0) is 0 Å². The van der Waals surface area contributed by atoms with E-state index in [0.717, 1.165) is 6.42 Å². The van der Waals surface area contributed by atoms with Crippen molar-refractivity contribution >= 4 is 24.8 Å². The molecule has 0 aromatic rings. The smallest absolute Gasteiger partial charge is 0.0431 e. The predicted molar refractivity (Wildman–Crippen MR) is 55.0 cm³/mol. The summed E-state index contributed by atoms with van der Waals surface area (Å²) in [5, 5.41) is 8.42. The van der Waals surface area contributed by atoms with Gasteiger partial charge in [-0.3, -0.25) is 0 Å². The van der Waals surface area contributed by atoms with Gasteiger partial charge in [-0.1, -0.05) is 39.0 Å². The lowest BCUT2D eigenvalue weighted by Gasteiger charge is -1.95. The van der Waals surface area contributed by atoms with Gasteiger partial charge in [0.15, 0.2) is 0 Å². The minimum atomic E-state index is 0. The molecule has 0 spiro atoms. The average molecular weight is 203 g/mol. The molecular formula is C8H20Cl2O. The van der Waals surface area contributed by atoms with Crippen LogP contribution >= 0.6 is 24.8 Å². The Morgan fingerprint density at radius 2 is 1.27 bits per heavy atom. The molecule has 0 fully saturated rings. The van der Waals surface area contributed by atoms with Crippen molar-refractivity contribution in [3.8, 4) is 0 Å². The number of aliphatic hydroxyl groups excluding tert-OH is 1. The molecule has 0 unspecified atom stereocenters. The highest BCUT2D eigenvalue weighted by molar-refractivity contribution is 5.85. The molecule has 72 valence electrons. The number of aliphatic hydroxyl groups is 1. The van der Waals surface area contributed by atoms with Gasteiger partial charge in [0.05, 0.1) is 0 Å². The van der Waals surface area contributed by atoms with Gasteiger partial charge in [-0.15, -0.1) is 24.8 Å². The van der Waals surface area contributed by atoms with Gasteiger partial charge in [0.1, 0.15) is 0 Å². The molecule has 0 rings (SSSR count). The third-order valence-electron chi connectivity index (χ3n) is 1.51. The van der Waals surface area contributed by atoms with Crippen molar-refractivity contribution in [2.24, 2.45) is 0 Å². The molecule has 0 aromatic heterocycles. The van der Waals surface area contributed by atoms with Crippen LogP contribution < -0.4 is 0 Å². The maximum absolute atomic E-state index is 8.42. The fourth-order valence-electron chi connectivity index (χ4n) is 0.892. The molecule has 1 N–H and O–H groups in total. The van der Waals surface area contributed by atoms with Crippen molar-refractivity contribution in [2.45, 2.75) is 45.4 Å². The van der Waals surface area contributed by atoms with E-state index in [0.29, 0.717) is 6.61 Å². The highest BCUT2D eigenvalue weighted by Gasteiger charge is 1.86. The minimum absolute atomic E-state index is 0. The third kappa shape index (κ3) is 18.0. The lowest BCUT2D eigenvalue weighted by molar-refractivity contribution is 0.282. The molecular weight excluding hydrogens is 183 g/mol. The second-order valence-electron chi connectivity index (χ2n) is 2.49. The minimum Gasteiger partial charge on any atom is -0.396 e. The van der Waals surface area contributed by atoms with Crippen LogP contribution in [0.4, 0.5) is 0 Å². The summed E-state index contributed by atoms with van der Waals surface area (Å²) >= 11 is 0. The zero-order valence-corrected chi connectivity index (χ0v) is 8.85. The maximum Gasteiger partial charge on any atom is 0.0431 e. The monoisotopic (exact) mass is 202 g/mol. The zero-order valence-electron chi connectivity index (χ0n) is 7.21. The molecule has 0 amide bonds. The van der Waals surface area contributed by atoms with E-state index in [1.165, 1.54) is 32.1 Å². The Morgan fingerprint density at radius 1 is 0.818 bits per heavy atom. The fraction of sp³-hybridized carbons (Fsp3) is 1.00. The highest BCUT2D eigenvalue weighted by Crippen LogP contribution is 2.03. The molecule has 0 saturated carbocycles. The first-order valence-corrected chi connectivity index (χ1v) is 4.02. The zero-order chi connectivity index (χ0) is 6.95. The van der Waals surface area contributed by atoms with E-state index < -0.39 is 0 Å². The van der Waals surface area contributed by atoms with E-state index in [-0.39, 0.29) is 24.8 Å². The molecule has 0 atom stereocenters. The first-order chi connectivity index (χ1) is 4.41. The second kappa shape index (κ2) is 16.9. The van der Waals surface area contributed by atoms with Crippen molar-refractivity contribution < 1.29 is 5.11 Å². The average Bonchev–Trinajstić information content (AvgIpc) is 1.89. The van der Waals surface area contributed by atoms with Crippen molar-refractivity contribution in [1.82, 2.24) is 0 Å². The second-order valence-corrected chi connectivity index (χ2v) is 2.49. The van der Waals surface area contributed by atoms with Gasteiger partial charge in [-0.2, -0.15) is 0 Å². The molecule has 0 heterocycles. The molecule has 11 heavy (non-hydrogen) atoms. The van der Waals surface area contributed by atoms with E-state index in [1.807, 2.05) is 0 Å². The summed E-state index contributed by atoms with van der Waals surface area (Å²) in [6.45, 7) is 2.58. The van der Waals surface area contributed by atoms with Crippen molar-refractivity contribution in [3.05, 3.63) is 0 Å². The van der Waals surface area contributed by atoms with Crippen LogP contribution in [-0.4, -0.2) is 11.7 Å². The molecule has 0 bridgehead atoms. The predicted octanol–water partition coefficient (Wildman–Crippen LogP) is 3.18.